The number of amides is 3. The average Bonchev–Trinajstić information content (AvgIpc) is 3.15. The van der Waals surface area contributed by atoms with Gasteiger partial charge in [-0.3, -0.25) is 14.4 Å². The summed E-state index contributed by atoms with van der Waals surface area (Å²) in [5.41, 5.74) is 6.61. The van der Waals surface area contributed by atoms with Crippen molar-refractivity contribution < 1.29 is 23.9 Å². The van der Waals surface area contributed by atoms with Crippen LogP contribution in [0.1, 0.15) is 46.1 Å². The van der Waals surface area contributed by atoms with E-state index in [4.69, 9.17) is 10.5 Å². The van der Waals surface area contributed by atoms with Gasteiger partial charge in [0.1, 0.15) is 18.7 Å². The summed E-state index contributed by atoms with van der Waals surface area (Å²) in [5, 5.41) is 5.32. The van der Waals surface area contributed by atoms with E-state index in [2.05, 4.69) is 10.6 Å². The Hall–Kier alpha value is -2.65. The van der Waals surface area contributed by atoms with Crippen molar-refractivity contribution in [3.63, 3.8) is 0 Å². The number of ketones is 1. The lowest BCUT2D eigenvalue weighted by Crippen LogP contribution is -2.52. The normalized spacial score (nSPS) is 17.1. The number of halogens is 1. The van der Waals surface area contributed by atoms with Gasteiger partial charge in [0.25, 0.3) is 0 Å². The fourth-order valence-electron chi connectivity index (χ4n) is 3.99. The van der Waals surface area contributed by atoms with E-state index >= 15 is 0 Å². The van der Waals surface area contributed by atoms with Gasteiger partial charge >= 0.3 is 6.09 Å². The molecule has 0 aromatic heterocycles. The molecule has 196 valence electrons. The molecule has 1 fully saturated rings. The second kappa shape index (κ2) is 14.7. The van der Waals surface area contributed by atoms with Gasteiger partial charge in [0.05, 0.1) is 12.5 Å². The first-order valence-corrected chi connectivity index (χ1v) is 11.9. The maximum absolute atomic E-state index is 12.9. The van der Waals surface area contributed by atoms with Gasteiger partial charge in [0.2, 0.25) is 11.8 Å². The predicted molar refractivity (Wildman–Crippen MR) is 136 cm³/mol. The standard InChI is InChI=1S/C25H38N4O5.ClH/c1-16(2)10-19(12-26)24(32)29-13-21(22(30)14-29)27-23(31)20(11-17(3)4)28-25(33)34-15-18-8-6-5-7-9-18;/h5-9,16-17,19-21H,10-15,26H2,1-4H3,(H,27,31)(H,28,33);1H/t19-,20-,21?;/m0./s1. The van der Waals surface area contributed by atoms with Crippen LogP contribution in [0, 0.1) is 17.8 Å². The Balaban J connectivity index is 0.00000612. The van der Waals surface area contributed by atoms with Crippen molar-refractivity contribution in [2.24, 2.45) is 23.5 Å². The van der Waals surface area contributed by atoms with Gasteiger partial charge in [-0.1, -0.05) is 58.0 Å². The number of rotatable bonds is 11. The van der Waals surface area contributed by atoms with Crippen LogP contribution < -0.4 is 16.4 Å². The fraction of sp³-hybridized carbons (Fsp3) is 0.600. The number of likely N-dealkylation sites (tertiary alicyclic amines) is 1. The molecule has 0 saturated carbocycles. The van der Waals surface area contributed by atoms with E-state index in [0.29, 0.717) is 18.8 Å². The van der Waals surface area contributed by atoms with E-state index in [9.17, 15) is 19.2 Å². The van der Waals surface area contributed by atoms with Crippen molar-refractivity contribution in [2.45, 2.75) is 59.2 Å². The number of hydrogen-bond donors (Lipinski definition) is 3. The number of benzene rings is 1. The molecule has 2 rings (SSSR count). The molecule has 0 bridgehead atoms. The molecule has 0 spiro atoms. The van der Waals surface area contributed by atoms with Crippen LogP contribution in [0.2, 0.25) is 0 Å². The van der Waals surface area contributed by atoms with Crippen molar-refractivity contribution in [1.82, 2.24) is 15.5 Å². The van der Waals surface area contributed by atoms with Crippen molar-refractivity contribution in [1.29, 1.82) is 0 Å². The summed E-state index contributed by atoms with van der Waals surface area (Å²) in [7, 11) is 0. The molecule has 0 radical (unpaired) electrons. The third-order valence-corrected chi connectivity index (χ3v) is 5.68. The number of nitrogens with zero attached hydrogens (tertiary/aromatic N) is 1. The molecular formula is C25H39ClN4O5. The number of nitrogens with two attached hydrogens (primary N) is 1. The number of alkyl carbamates (subject to hydrolysis) is 1. The molecule has 3 atom stereocenters. The molecule has 1 unspecified atom stereocenters. The fourth-order valence-corrected chi connectivity index (χ4v) is 3.99. The molecule has 1 saturated heterocycles. The minimum absolute atomic E-state index is 0. The summed E-state index contributed by atoms with van der Waals surface area (Å²) in [6.07, 6.45) is 0.306. The molecular weight excluding hydrogens is 472 g/mol. The number of Topliss-reactive ketones (excluding diaryl/α,β-unsaturated/α-hetero) is 1. The summed E-state index contributed by atoms with van der Waals surface area (Å²) in [5.74, 6) is -0.813. The Bertz CT molecular complexity index is 850. The first kappa shape index (κ1) is 30.4. The van der Waals surface area contributed by atoms with Gasteiger partial charge in [0.15, 0.2) is 5.78 Å². The SMILES string of the molecule is CC(C)C[C@@H](CN)C(=O)N1CC(=O)C(NC(=O)[C@H](CC(C)C)NC(=O)OCc2ccccc2)C1.Cl. The van der Waals surface area contributed by atoms with Crippen LogP contribution in [0.4, 0.5) is 4.79 Å². The van der Waals surface area contributed by atoms with Gasteiger partial charge in [-0.15, -0.1) is 12.4 Å². The number of nitrogens with one attached hydrogen (secondary N) is 2. The lowest BCUT2D eigenvalue weighted by molar-refractivity contribution is -0.135. The number of ether oxygens (including phenoxy) is 1. The zero-order chi connectivity index (χ0) is 25.3. The number of hydrogen-bond acceptors (Lipinski definition) is 6. The molecule has 3 amide bonds. The van der Waals surface area contributed by atoms with E-state index in [0.717, 1.165) is 5.56 Å². The van der Waals surface area contributed by atoms with Gasteiger partial charge in [-0.25, -0.2) is 4.79 Å². The zero-order valence-corrected chi connectivity index (χ0v) is 21.8. The maximum atomic E-state index is 12.9. The molecule has 1 aliphatic heterocycles. The summed E-state index contributed by atoms with van der Waals surface area (Å²) in [6, 6.07) is 7.55. The molecule has 35 heavy (non-hydrogen) atoms. The minimum atomic E-state index is -0.862. The Kier molecular flexibility index (Phi) is 12.7. The summed E-state index contributed by atoms with van der Waals surface area (Å²) >= 11 is 0. The Labute approximate surface area is 213 Å². The van der Waals surface area contributed by atoms with Crippen molar-refractivity contribution in [3.8, 4) is 0 Å². The van der Waals surface area contributed by atoms with E-state index in [1.807, 2.05) is 58.0 Å². The molecule has 0 aliphatic carbocycles. The Morgan fingerprint density at radius 3 is 2.29 bits per heavy atom. The van der Waals surface area contributed by atoms with Crippen LogP contribution in [-0.4, -0.2) is 60.3 Å². The van der Waals surface area contributed by atoms with Crippen LogP contribution in [0.5, 0.6) is 0 Å². The third-order valence-electron chi connectivity index (χ3n) is 5.68. The highest BCUT2D eigenvalue weighted by Crippen LogP contribution is 2.17. The number of carbonyl (C=O) groups is 4. The second-order valence-corrected chi connectivity index (χ2v) is 9.70. The average molecular weight is 511 g/mol. The van der Waals surface area contributed by atoms with Crippen molar-refractivity contribution >= 4 is 36.1 Å². The highest BCUT2D eigenvalue weighted by molar-refractivity contribution is 5.97. The molecule has 4 N–H and O–H groups in total. The van der Waals surface area contributed by atoms with Crippen molar-refractivity contribution in [3.05, 3.63) is 35.9 Å². The summed E-state index contributed by atoms with van der Waals surface area (Å²) in [6.45, 7) is 8.23. The topological polar surface area (TPSA) is 131 Å². The monoisotopic (exact) mass is 510 g/mol. The van der Waals surface area contributed by atoms with Crippen LogP contribution in [0.15, 0.2) is 30.3 Å². The van der Waals surface area contributed by atoms with E-state index < -0.39 is 24.1 Å². The lowest BCUT2D eigenvalue weighted by atomic mass is 9.96. The third kappa shape index (κ3) is 9.85. The predicted octanol–water partition coefficient (Wildman–Crippen LogP) is 2.27. The van der Waals surface area contributed by atoms with Crippen LogP contribution in [-0.2, 0) is 25.7 Å². The van der Waals surface area contributed by atoms with Crippen LogP contribution >= 0.6 is 12.4 Å². The van der Waals surface area contributed by atoms with Gasteiger partial charge in [-0.05, 0) is 30.2 Å². The lowest BCUT2D eigenvalue weighted by Gasteiger charge is -2.24. The molecule has 1 aliphatic rings. The quantitative estimate of drug-likeness (QED) is 0.418. The van der Waals surface area contributed by atoms with Crippen molar-refractivity contribution in [2.75, 3.05) is 19.6 Å². The first-order chi connectivity index (χ1) is 16.1. The molecule has 10 heteroatoms. The molecule has 1 aromatic rings. The van der Waals surface area contributed by atoms with E-state index in [1.54, 1.807) is 0 Å². The Morgan fingerprint density at radius 2 is 1.71 bits per heavy atom. The highest BCUT2D eigenvalue weighted by atomic mass is 35.5. The summed E-state index contributed by atoms with van der Waals surface area (Å²) < 4.78 is 5.24. The van der Waals surface area contributed by atoms with E-state index in [-0.39, 0.29) is 62.2 Å². The second-order valence-electron chi connectivity index (χ2n) is 9.70. The maximum Gasteiger partial charge on any atom is 0.408 e. The summed E-state index contributed by atoms with van der Waals surface area (Å²) in [4.78, 5) is 52.1. The van der Waals surface area contributed by atoms with Gasteiger partial charge in [0, 0.05) is 13.1 Å². The van der Waals surface area contributed by atoms with Crippen LogP contribution in [0.25, 0.3) is 0 Å². The minimum Gasteiger partial charge on any atom is -0.445 e. The largest absolute Gasteiger partial charge is 0.445 e. The van der Waals surface area contributed by atoms with E-state index in [1.165, 1.54) is 4.90 Å². The highest BCUT2D eigenvalue weighted by Gasteiger charge is 2.38. The zero-order valence-electron chi connectivity index (χ0n) is 21.0. The number of carbonyl (C=O) groups excluding carboxylic acids is 4. The van der Waals surface area contributed by atoms with Gasteiger partial charge < -0.3 is 26.0 Å². The Morgan fingerprint density at radius 1 is 1.09 bits per heavy atom. The molecule has 9 nitrogen and oxygen atoms in total. The van der Waals surface area contributed by atoms with Crippen LogP contribution in [0.3, 0.4) is 0 Å². The molecule has 1 heterocycles. The first-order valence-electron chi connectivity index (χ1n) is 11.9. The molecule has 1 aromatic carbocycles. The van der Waals surface area contributed by atoms with Gasteiger partial charge in [-0.2, -0.15) is 0 Å². The smallest absolute Gasteiger partial charge is 0.408 e.